The Bertz CT molecular complexity index is 1040. The molecule has 0 radical (unpaired) electrons. The number of halogens is 1. The van der Waals surface area contributed by atoms with Gasteiger partial charge in [0.1, 0.15) is 23.5 Å². The van der Waals surface area contributed by atoms with E-state index in [9.17, 15) is 9.18 Å². The average Bonchev–Trinajstić information content (AvgIpc) is 3.18. The first-order valence-electron chi connectivity index (χ1n) is 10.0. The van der Waals surface area contributed by atoms with E-state index in [0.29, 0.717) is 31.3 Å². The highest BCUT2D eigenvalue weighted by Gasteiger charge is 2.26. The van der Waals surface area contributed by atoms with Crippen molar-refractivity contribution >= 4 is 28.2 Å². The molecule has 9 heteroatoms. The normalized spacial score (nSPS) is 16.2. The molecule has 4 rings (SSSR count). The quantitative estimate of drug-likeness (QED) is 0.594. The minimum Gasteiger partial charge on any atom is -0.493 e. The minimum atomic E-state index is -0.367. The predicted molar refractivity (Wildman–Crippen MR) is 116 cm³/mol. The predicted octanol–water partition coefficient (Wildman–Crippen LogP) is 4.10. The zero-order valence-electron chi connectivity index (χ0n) is 17.1. The largest absolute Gasteiger partial charge is 0.493 e. The van der Waals surface area contributed by atoms with Crippen LogP contribution in [0.1, 0.15) is 23.1 Å². The molecule has 7 nitrogen and oxygen atoms in total. The third kappa shape index (κ3) is 5.77. The first kappa shape index (κ1) is 21.2. The summed E-state index contributed by atoms with van der Waals surface area (Å²) in [5.41, 5.74) is 0.756. The molecule has 162 valence electrons. The van der Waals surface area contributed by atoms with Crippen molar-refractivity contribution in [1.82, 2.24) is 14.9 Å². The number of carbonyl (C=O) groups excluding carboxylic acids is 1. The van der Waals surface area contributed by atoms with Gasteiger partial charge in [-0.2, -0.15) is 0 Å². The van der Waals surface area contributed by atoms with E-state index in [0.717, 1.165) is 15.7 Å². The van der Waals surface area contributed by atoms with E-state index >= 15 is 0 Å². The van der Waals surface area contributed by atoms with Crippen LogP contribution in [0.3, 0.4) is 0 Å². The van der Waals surface area contributed by atoms with Crippen molar-refractivity contribution < 1.29 is 18.7 Å². The molecule has 1 aromatic carbocycles. The van der Waals surface area contributed by atoms with Crippen LogP contribution in [0.2, 0.25) is 0 Å². The number of benzene rings is 1. The van der Waals surface area contributed by atoms with Gasteiger partial charge in [0.05, 0.1) is 31.9 Å². The smallest absolute Gasteiger partial charge is 0.226 e. The third-order valence-corrected chi connectivity index (χ3v) is 5.58. The number of ether oxygens (including phenoxy) is 2. The zero-order chi connectivity index (χ0) is 21.6. The molecule has 0 saturated carbocycles. The van der Waals surface area contributed by atoms with Crippen LogP contribution in [-0.2, 0) is 9.53 Å². The lowest BCUT2D eigenvalue weighted by Gasteiger charge is -2.32. The summed E-state index contributed by atoms with van der Waals surface area (Å²) >= 11 is 1.56. The molecule has 0 aliphatic carbocycles. The maximum Gasteiger partial charge on any atom is 0.226 e. The van der Waals surface area contributed by atoms with Gasteiger partial charge < -0.3 is 19.7 Å². The second-order valence-corrected chi connectivity index (χ2v) is 8.34. The van der Waals surface area contributed by atoms with Crippen LogP contribution in [0.15, 0.2) is 48.7 Å². The molecule has 0 bridgehead atoms. The lowest BCUT2D eigenvalue weighted by Crippen LogP contribution is -2.42. The van der Waals surface area contributed by atoms with Gasteiger partial charge in [-0.3, -0.25) is 4.79 Å². The summed E-state index contributed by atoms with van der Waals surface area (Å²) in [4.78, 5) is 24.4. The second-order valence-electron chi connectivity index (χ2n) is 7.10. The topological polar surface area (TPSA) is 76.6 Å². The van der Waals surface area contributed by atoms with Gasteiger partial charge in [-0.25, -0.2) is 14.4 Å². The number of morpholine rings is 1. The number of pyridine rings is 1. The van der Waals surface area contributed by atoms with Crippen LogP contribution in [0.4, 0.5) is 15.3 Å². The van der Waals surface area contributed by atoms with Crippen LogP contribution in [-0.4, -0.2) is 47.1 Å². The van der Waals surface area contributed by atoms with E-state index in [-0.39, 0.29) is 30.9 Å². The van der Waals surface area contributed by atoms with Gasteiger partial charge >= 0.3 is 0 Å². The van der Waals surface area contributed by atoms with E-state index in [1.165, 1.54) is 12.1 Å². The fourth-order valence-electron chi connectivity index (χ4n) is 3.25. The summed E-state index contributed by atoms with van der Waals surface area (Å²) in [6, 6.07) is 11.6. The molecule has 1 aliphatic heterocycles. The number of aryl methyl sites for hydroxylation is 1. The van der Waals surface area contributed by atoms with E-state index in [4.69, 9.17) is 9.47 Å². The van der Waals surface area contributed by atoms with Crippen molar-refractivity contribution in [3.63, 3.8) is 0 Å². The number of thiazole rings is 1. The molecule has 31 heavy (non-hydrogen) atoms. The molecule has 1 N–H and O–H groups in total. The standard InChI is InChI=1S/C22H23FN4O3S/c1-15-13-24-22(31-15)26-20-7-3-6-18(25-20)19-14-27(9-11-30-19)21(28)8-10-29-17-5-2-4-16(23)12-17/h2-7,12-13,19H,8-11,14H2,1H3,(H,24,25,26). The van der Waals surface area contributed by atoms with E-state index in [2.05, 4.69) is 15.3 Å². The molecule has 2 aromatic heterocycles. The fourth-order valence-corrected chi connectivity index (χ4v) is 3.92. The number of anilines is 2. The Morgan fingerprint density at radius 2 is 2.23 bits per heavy atom. The summed E-state index contributed by atoms with van der Waals surface area (Å²) in [5, 5.41) is 3.98. The van der Waals surface area contributed by atoms with Crippen molar-refractivity contribution in [2.75, 3.05) is 31.6 Å². The average molecular weight is 443 g/mol. The molecular formula is C22H23FN4O3S. The zero-order valence-corrected chi connectivity index (χ0v) is 17.9. The molecular weight excluding hydrogens is 419 g/mol. The van der Waals surface area contributed by atoms with Crippen LogP contribution in [0.25, 0.3) is 0 Å². The van der Waals surface area contributed by atoms with Crippen molar-refractivity contribution in [2.24, 2.45) is 0 Å². The number of hydrogen-bond donors (Lipinski definition) is 1. The molecule has 1 saturated heterocycles. The Balaban J connectivity index is 1.32. The highest BCUT2D eigenvalue weighted by Crippen LogP contribution is 2.25. The molecule has 3 heterocycles. The Morgan fingerprint density at radius 3 is 3.03 bits per heavy atom. The van der Waals surface area contributed by atoms with E-state index < -0.39 is 0 Å². The van der Waals surface area contributed by atoms with Gasteiger partial charge in [0, 0.05) is 23.7 Å². The highest BCUT2D eigenvalue weighted by atomic mass is 32.1. The van der Waals surface area contributed by atoms with Crippen molar-refractivity contribution in [3.8, 4) is 5.75 Å². The lowest BCUT2D eigenvalue weighted by molar-refractivity contribution is -0.139. The van der Waals surface area contributed by atoms with Gasteiger partial charge in [0.25, 0.3) is 0 Å². The second kappa shape index (κ2) is 9.84. The van der Waals surface area contributed by atoms with Crippen molar-refractivity contribution in [3.05, 3.63) is 65.0 Å². The fraction of sp³-hybridized carbons (Fsp3) is 0.318. The summed E-state index contributed by atoms with van der Waals surface area (Å²) in [5.74, 6) is 0.699. The molecule has 3 aromatic rings. The number of amides is 1. The van der Waals surface area contributed by atoms with E-state index in [1.807, 2.05) is 31.3 Å². The van der Waals surface area contributed by atoms with Crippen molar-refractivity contribution in [1.29, 1.82) is 0 Å². The number of rotatable bonds is 7. The number of carbonyl (C=O) groups is 1. The summed E-state index contributed by atoms with van der Waals surface area (Å²) in [6.45, 7) is 3.57. The summed E-state index contributed by atoms with van der Waals surface area (Å²) in [7, 11) is 0. The number of aromatic nitrogens is 2. The summed E-state index contributed by atoms with van der Waals surface area (Å²) < 4.78 is 24.6. The van der Waals surface area contributed by atoms with Gasteiger partial charge in [-0.1, -0.05) is 12.1 Å². The number of hydrogen-bond acceptors (Lipinski definition) is 7. The van der Waals surface area contributed by atoms with Crippen LogP contribution in [0.5, 0.6) is 5.75 Å². The molecule has 1 unspecified atom stereocenters. The van der Waals surface area contributed by atoms with Crippen LogP contribution >= 0.6 is 11.3 Å². The van der Waals surface area contributed by atoms with Crippen molar-refractivity contribution in [2.45, 2.75) is 19.4 Å². The molecule has 1 atom stereocenters. The maximum absolute atomic E-state index is 13.2. The first-order valence-corrected chi connectivity index (χ1v) is 10.8. The van der Waals surface area contributed by atoms with Gasteiger partial charge in [-0.15, -0.1) is 11.3 Å². The number of nitrogens with one attached hydrogen (secondary N) is 1. The number of nitrogens with zero attached hydrogens (tertiary/aromatic N) is 3. The third-order valence-electron chi connectivity index (χ3n) is 4.76. The molecule has 1 fully saturated rings. The van der Waals surface area contributed by atoms with Gasteiger partial charge in [0.2, 0.25) is 5.91 Å². The SMILES string of the molecule is Cc1cnc(Nc2cccc(C3CN(C(=O)CCOc4cccc(F)c4)CCO3)n2)s1. The monoisotopic (exact) mass is 442 g/mol. The highest BCUT2D eigenvalue weighted by molar-refractivity contribution is 7.15. The molecule has 1 amide bonds. The molecule has 0 spiro atoms. The lowest BCUT2D eigenvalue weighted by atomic mass is 10.1. The van der Waals surface area contributed by atoms with Crippen LogP contribution in [0, 0.1) is 12.7 Å². The maximum atomic E-state index is 13.2. The van der Waals surface area contributed by atoms with Gasteiger partial charge in [0.15, 0.2) is 5.13 Å². The van der Waals surface area contributed by atoms with E-state index in [1.54, 1.807) is 28.4 Å². The molecule has 1 aliphatic rings. The summed E-state index contributed by atoms with van der Waals surface area (Å²) in [6.07, 6.45) is 1.71. The Hall–Kier alpha value is -3.04. The van der Waals surface area contributed by atoms with Crippen LogP contribution < -0.4 is 10.1 Å². The minimum absolute atomic E-state index is 0.0303. The van der Waals surface area contributed by atoms with Gasteiger partial charge in [-0.05, 0) is 31.2 Å². The Morgan fingerprint density at radius 1 is 1.35 bits per heavy atom. The Kier molecular flexibility index (Phi) is 6.73. The Labute approximate surface area is 183 Å². The first-order chi connectivity index (χ1) is 15.1.